The highest BCUT2D eigenvalue weighted by molar-refractivity contribution is 7.92. The van der Waals surface area contributed by atoms with Crippen molar-refractivity contribution in [2.24, 2.45) is 0 Å². The van der Waals surface area contributed by atoms with Crippen LogP contribution in [0.1, 0.15) is 25.0 Å². The Bertz CT molecular complexity index is 1190. The number of nitrogens with zero attached hydrogens (tertiary/aromatic N) is 2. The summed E-state index contributed by atoms with van der Waals surface area (Å²) in [5, 5.41) is 0. The molecule has 6 heteroatoms. The number of benzene rings is 3. The number of carbonyl (C=O) groups excluding carboxylic acids is 1. The van der Waals surface area contributed by atoms with Crippen LogP contribution in [0.3, 0.4) is 0 Å². The van der Waals surface area contributed by atoms with Gasteiger partial charge in [0.2, 0.25) is 5.91 Å². The van der Waals surface area contributed by atoms with Gasteiger partial charge in [-0.15, -0.1) is 0 Å². The molecule has 1 aliphatic heterocycles. The van der Waals surface area contributed by atoms with Gasteiger partial charge < -0.3 is 4.90 Å². The molecule has 1 amide bonds. The van der Waals surface area contributed by atoms with E-state index in [4.69, 9.17) is 0 Å². The van der Waals surface area contributed by atoms with E-state index >= 15 is 0 Å². The van der Waals surface area contributed by atoms with Crippen LogP contribution in [-0.2, 0) is 27.7 Å². The van der Waals surface area contributed by atoms with E-state index in [0.717, 1.165) is 23.2 Å². The van der Waals surface area contributed by atoms with Crippen LogP contribution >= 0.6 is 0 Å². The summed E-state index contributed by atoms with van der Waals surface area (Å²) in [4.78, 5) is 15.4. The smallest absolute Gasteiger partial charge is 0.264 e. The van der Waals surface area contributed by atoms with E-state index in [0.29, 0.717) is 12.1 Å². The summed E-state index contributed by atoms with van der Waals surface area (Å²) in [5.74, 6) is -0.233. The second kappa shape index (κ2) is 8.55. The molecular formula is C25H26N2O3S. The quantitative estimate of drug-likeness (QED) is 0.577. The monoisotopic (exact) mass is 434 g/mol. The number of rotatable bonds is 6. The summed E-state index contributed by atoms with van der Waals surface area (Å²) >= 11 is 0. The van der Waals surface area contributed by atoms with Crippen LogP contribution in [-0.4, -0.2) is 26.9 Å². The first kappa shape index (κ1) is 21.1. The van der Waals surface area contributed by atoms with Gasteiger partial charge in [0.05, 0.1) is 10.6 Å². The maximum absolute atomic E-state index is 13.6. The molecule has 0 saturated carbocycles. The summed E-state index contributed by atoms with van der Waals surface area (Å²) in [7, 11) is -3.92. The lowest BCUT2D eigenvalue weighted by molar-refractivity contribution is -0.117. The van der Waals surface area contributed by atoms with E-state index in [1.807, 2.05) is 50.2 Å². The average Bonchev–Trinajstić information content (AvgIpc) is 3.13. The minimum atomic E-state index is -3.92. The molecule has 1 atom stereocenters. The SMILES string of the molecule is CCc1ccccc1N(CC(=O)N1c2ccccc2CC1C)S(=O)(=O)c1ccccc1. The summed E-state index contributed by atoms with van der Waals surface area (Å²) in [5.41, 5.74) is 3.39. The highest BCUT2D eigenvalue weighted by Crippen LogP contribution is 2.33. The minimum Gasteiger partial charge on any atom is -0.307 e. The van der Waals surface area contributed by atoms with E-state index in [-0.39, 0.29) is 23.4 Å². The molecule has 0 fully saturated rings. The zero-order valence-electron chi connectivity index (χ0n) is 17.7. The predicted molar refractivity (Wildman–Crippen MR) is 124 cm³/mol. The summed E-state index contributed by atoms with van der Waals surface area (Å²) in [6.45, 7) is 3.72. The van der Waals surface area contributed by atoms with Crippen LogP contribution in [0.25, 0.3) is 0 Å². The molecule has 1 aliphatic rings. The Kier molecular flexibility index (Phi) is 5.83. The molecule has 0 spiro atoms. The molecule has 1 unspecified atom stereocenters. The van der Waals surface area contributed by atoms with Crippen molar-refractivity contribution >= 4 is 27.3 Å². The van der Waals surface area contributed by atoms with Crippen molar-refractivity contribution in [3.63, 3.8) is 0 Å². The van der Waals surface area contributed by atoms with E-state index in [9.17, 15) is 13.2 Å². The molecule has 31 heavy (non-hydrogen) atoms. The molecule has 4 rings (SSSR count). The maximum atomic E-state index is 13.6. The number of hydrogen-bond acceptors (Lipinski definition) is 3. The van der Waals surface area contributed by atoms with Gasteiger partial charge in [0, 0.05) is 11.7 Å². The Hall–Kier alpha value is -3.12. The fourth-order valence-electron chi connectivity index (χ4n) is 4.22. The normalized spacial score (nSPS) is 15.5. The van der Waals surface area contributed by atoms with Crippen LogP contribution in [0.4, 0.5) is 11.4 Å². The molecular weight excluding hydrogens is 408 g/mol. The summed E-state index contributed by atoms with van der Waals surface area (Å²) < 4.78 is 28.5. The van der Waals surface area contributed by atoms with Crippen molar-refractivity contribution in [3.8, 4) is 0 Å². The molecule has 0 radical (unpaired) electrons. The molecule has 0 aromatic heterocycles. The van der Waals surface area contributed by atoms with Crippen LogP contribution in [0.15, 0.2) is 83.8 Å². The number of para-hydroxylation sites is 2. The van der Waals surface area contributed by atoms with Crippen LogP contribution in [0.2, 0.25) is 0 Å². The standard InChI is InChI=1S/C25H26N2O3S/c1-3-20-11-7-9-15-23(20)26(31(29,30)22-13-5-4-6-14-22)18-25(28)27-19(2)17-21-12-8-10-16-24(21)27/h4-16,19H,3,17-18H2,1-2H3. The van der Waals surface area contributed by atoms with E-state index in [2.05, 4.69) is 0 Å². The first-order valence-electron chi connectivity index (χ1n) is 10.5. The number of sulfonamides is 1. The number of aryl methyl sites for hydroxylation is 1. The average molecular weight is 435 g/mol. The molecule has 5 nitrogen and oxygen atoms in total. The Morgan fingerprint density at radius 2 is 1.61 bits per heavy atom. The molecule has 0 N–H and O–H groups in total. The third kappa shape index (κ3) is 3.95. The van der Waals surface area contributed by atoms with Gasteiger partial charge in [-0.3, -0.25) is 9.10 Å². The van der Waals surface area contributed by atoms with Crippen molar-refractivity contribution in [2.45, 2.75) is 37.6 Å². The van der Waals surface area contributed by atoms with Gasteiger partial charge in [-0.25, -0.2) is 8.42 Å². The van der Waals surface area contributed by atoms with Gasteiger partial charge in [-0.2, -0.15) is 0 Å². The lowest BCUT2D eigenvalue weighted by Gasteiger charge is -2.30. The molecule has 1 heterocycles. The highest BCUT2D eigenvalue weighted by atomic mass is 32.2. The largest absolute Gasteiger partial charge is 0.307 e. The van der Waals surface area contributed by atoms with Crippen molar-refractivity contribution in [1.29, 1.82) is 0 Å². The lowest BCUT2D eigenvalue weighted by atomic mass is 10.1. The lowest BCUT2D eigenvalue weighted by Crippen LogP contribution is -2.45. The van der Waals surface area contributed by atoms with E-state index in [1.54, 1.807) is 47.4 Å². The third-order valence-electron chi connectivity index (χ3n) is 5.73. The topological polar surface area (TPSA) is 57.7 Å². The second-order valence-corrected chi connectivity index (χ2v) is 9.61. The molecule has 160 valence electrons. The highest BCUT2D eigenvalue weighted by Gasteiger charge is 2.35. The zero-order chi connectivity index (χ0) is 22.0. The molecule has 3 aromatic rings. The summed E-state index contributed by atoms with van der Waals surface area (Å²) in [6, 6.07) is 23.4. The second-order valence-electron chi connectivity index (χ2n) is 7.75. The molecule has 0 bridgehead atoms. The molecule has 0 saturated heterocycles. The number of anilines is 2. The number of fused-ring (bicyclic) bond motifs is 1. The van der Waals surface area contributed by atoms with Crippen LogP contribution in [0.5, 0.6) is 0 Å². The van der Waals surface area contributed by atoms with Crippen LogP contribution in [0, 0.1) is 0 Å². The van der Waals surface area contributed by atoms with Crippen molar-refractivity contribution < 1.29 is 13.2 Å². The van der Waals surface area contributed by atoms with Crippen LogP contribution < -0.4 is 9.21 Å². The first-order chi connectivity index (χ1) is 14.9. The fraction of sp³-hybridized carbons (Fsp3) is 0.240. The van der Waals surface area contributed by atoms with Gasteiger partial charge in [-0.05, 0) is 55.2 Å². The zero-order valence-corrected chi connectivity index (χ0v) is 18.5. The third-order valence-corrected chi connectivity index (χ3v) is 7.50. The van der Waals surface area contributed by atoms with Gasteiger partial charge in [0.1, 0.15) is 6.54 Å². The Balaban J connectivity index is 1.76. The predicted octanol–water partition coefficient (Wildman–Crippen LogP) is 4.42. The number of carbonyl (C=O) groups is 1. The van der Waals surface area contributed by atoms with Crippen molar-refractivity contribution in [1.82, 2.24) is 0 Å². The van der Waals surface area contributed by atoms with Gasteiger partial charge >= 0.3 is 0 Å². The van der Waals surface area contributed by atoms with E-state index in [1.165, 1.54) is 4.31 Å². The fourth-order valence-corrected chi connectivity index (χ4v) is 5.69. The maximum Gasteiger partial charge on any atom is 0.264 e. The molecule has 0 aliphatic carbocycles. The Morgan fingerprint density at radius 1 is 0.968 bits per heavy atom. The van der Waals surface area contributed by atoms with Crippen molar-refractivity contribution in [2.75, 3.05) is 15.7 Å². The van der Waals surface area contributed by atoms with Gasteiger partial charge in [0.25, 0.3) is 10.0 Å². The minimum absolute atomic E-state index is 0.0207. The number of hydrogen-bond donors (Lipinski definition) is 0. The number of amides is 1. The van der Waals surface area contributed by atoms with Crippen molar-refractivity contribution in [3.05, 3.63) is 90.0 Å². The molecule has 3 aromatic carbocycles. The first-order valence-corrected chi connectivity index (χ1v) is 11.9. The Morgan fingerprint density at radius 3 is 2.35 bits per heavy atom. The van der Waals surface area contributed by atoms with Gasteiger partial charge in [-0.1, -0.05) is 61.5 Å². The Labute approximate surface area is 184 Å². The van der Waals surface area contributed by atoms with Gasteiger partial charge in [0.15, 0.2) is 0 Å². The summed E-state index contributed by atoms with van der Waals surface area (Å²) in [6.07, 6.45) is 1.42. The van der Waals surface area contributed by atoms with E-state index < -0.39 is 10.0 Å².